The molecule has 0 amide bonds. The molecule has 0 saturated heterocycles. The molecule has 0 heterocycles. The lowest BCUT2D eigenvalue weighted by atomic mass is 9.83. The molecule has 0 aliphatic heterocycles. The van der Waals surface area contributed by atoms with Crippen LogP contribution < -0.4 is 0 Å². The molecule has 29 heavy (non-hydrogen) atoms. The minimum Gasteiger partial charge on any atom is -0.508 e. The van der Waals surface area contributed by atoms with E-state index >= 15 is 0 Å². The summed E-state index contributed by atoms with van der Waals surface area (Å²) < 4.78 is 34.1. The van der Waals surface area contributed by atoms with E-state index in [-0.39, 0.29) is 42.5 Å². The molecule has 5 nitrogen and oxygen atoms in total. The highest BCUT2D eigenvalue weighted by Crippen LogP contribution is 2.53. The van der Waals surface area contributed by atoms with Crippen LogP contribution in [0.1, 0.15) is 16.7 Å². The van der Waals surface area contributed by atoms with E-state index in [1.807, 2.05) is 0 Å². The van der Waals surface area contributed by atoms with Gasteiger partial charge in [-0.3, -0.25) is 4.55 Å². The van der Waals surface area contributed by atoms with Crippen molar-refractivity contribution in [2.75, 3.05) is 0 Å². The molecule has 1 unspecified atom stereocenters. The summed E-state index contributed by atoms with van der Waals surface area (Å²) in [5.74, 6) is -0.613. The number of benzene rings is 3. The van der Waals surface area contributed by atoms with Gasteiger partial charge < -0.3 is 10.2 Å². The Morgan fingerprint density at radius 2 is 1.38 bits per heavy atom. The smallest absolute Gasteiger partial charge is 0.283 e. The average Bonchev–Trinajstić information content (AvgIpc) is 2.64. The summed E-state index contributed by atoms with van der Waals surface area (Å²) in [6.07, 6.45) is 0. The first-order chi connectivity index (χ1) is 13.5. The number of rotatable bonds is 4. The van der Waals surface area contributed by atoms with Crippen LogP contribution in [0.3, 0.4) is 0 Å². The molecule has 3 rings (SSSR count). The monoisotopic (exact) mass is 492 g/mol. The van der Waals surface area contributed by atoms with E-state index in [1.54, 1.807) is 6.07 Å². The quantitative estimate of drug-likeness (QED) is 0.239. The van der Waals surface area contributed by atoms with Crippen LogP contribution in [-0.4, -0.2) is 23.2 Å². The van der Waals surface area contributed by atoms with Gasteiger partial charge in [0.25, 0.3) is 10.1 Å². The zero-order chi connectivity index (χ0) is 21.6. The van der Waals surface area contributed by atoms with Crippen LogP contribution in [0.2, 0.25) is 20.1 Å². The van der Waals surface area contributed by atoms with Crippen molar-refractivity contribution < 1.29 is 23.2 Å². The summed E-state index contributed by atoms with van der Waals surface area (Å²) in [6.45, 7) is 0. The fourth-order valence-corrected chi connectivity index (χ4v) is 5.88. The molecule has 0 aromatic heterocycles. The van der Waals surface area contributed by atoms with Crippen LogP contribution in [0.25, 0.3) is 0 Å². The maximum absolute atomic E-state index is 13.0. The van der Waals surface area contributed by atoms with E-state index in [2.05, 4.69) is 0 Å². The molecule has 0 aliphatic rings. The van der Waals surface area contributed by atoms with Crippen molar-refractivity contribution in [2.24, 2.45) is 0 Å². The van der Waals surface area contributed by atoms with Crippen LogP contribution >= 0.6 is 46.4 Å². The first-order valence-corrected chi connectivity index (χ1v) is 10.9. The number of halogens is 4. The Labute approximate surface area is 186 Å². The summed E-state index contributed by atoms with van der Waals surface area (Å²) >= 11 is 25.0. The standard InChI is InChI=1S/C19H12Cl4O5S/c20-13-4-2-1-3-12(13)19(29(26,27)28,10-5-7-11(24)8-6-10)16-14(21)9-15(25)17(22)18(16)23/h1-9,24-25H,(H,26,27,28). The van der Waals surface area contributed by atoms with Crippen molar-refractivity contribution in [2.45, 2.75) is 4.75 Å². The van der Waals surface area contributed by atoms with Gasteiger partial charge in [-0.15, -0.1) is 0 Å². The molecule has 0 aliphatic carbocycles. The van der Waals surface area contributed by atoms with Crippen LogP contribution in [0.5, 0.6) is 11.5 Å². The van der Waals surface area contributed by atoms with Crippen LogP contribution in [0.15, 0.2) is 54.6 Å². The Morgan fingerprint density at radius 3 is 1.93 bits per heavy atom. The van der Waals surface area contributed by atoms with Crippen molar-refractivity contribution in [3.63, 3.8) is 0 Å². The van der Waals surface area contributed by atoms with E-state index in [0.29, 0.717) is 0 Å². The van der Waals surface area contributed by atoms with Crippen LogP contribution in [0, 0.1) is 0 Å². The van der Waals surface area contributed by atoms with Gasteiger partial charge in [-0.05, 0) is 23.8 Å². The molecule has 0 spiro atoms. The molecule has 0 saturated carbocycles. The highest BCUT2D eigenvalue weighted by Gasteiger charge is 2.52. The van der Waals surface area contributed by atoms with E-state index in [4.69, 9.17) is 46.4 Å². The fraction of sp³-hybridized carbons (Fsp3) is 0.0526. The summed E-state index contributed by atoms with van der Waals surface area (Å²) in [7, 11) is -5.07. The number of phenols is 2. The van der Waals surface area contributed by atoms with Gasteiger partial charge in [0.1, 0.15) is 16.5 Å². The van der Waals surface area contributed by atoms with E-state index in [9.17, 15) is 23.2 Å². The lowest BCUT2D eigenvalue weighted by Gasteiger charge is -2.34. The minimum absolute atomic E-state index is 0.00506. The number of hydrogen-bond donors (Lipinski definition) is 3. The third kappa shape index (κ3) is 3.54. The summed E-state index contributed by atoms with van der Waals surface area (Å²) in [5.41, 5.74) is -0.373. The van der Waals surface area contributed by atoms with Gasteiger partial charge in [0.15, 0.2) is 4.75 Å². The van der Waals surface area contributed by atoms with E-state index < -0.39 is 20.6 Å². The van der Waals surface area contributed by atoms with Gasteiger partial charge in [0.2, 0.25) is 0 Å². The van der Waals surface area contributed by atoms with Crippen LogP contribution in [0.4, 0.5) is 0 Å². The lowest BCUT2D eigenvalue weighted by Crippen LogP contribution is -2.39. The highest BCUT2D eigenvalue weighted by molar-refractivity contribution is 7.87. The Bertz CT molecular complexity index is 1200. The second-order valence-corrected chi connectivity index (χ2v) is 9.20. The van der Waals surface area contributed by atoms with Gasteiger partial charge in [-0.25, -0.2) is 0 Å². The van der Waals surface area contributed by atoms with Gasteiger partial charge in [-0.2, -0.15) is 8.42 Å². The zero-order valence-electron chi connectivity index (χ0n) is 14.3. The molecule has 0 bridgehead atoms. The van der Waals surface area contributed by atoms with Crippen molar-refractivity contribution in [3.05, 3.63) is 91.4 Å². The first kappa shape index (κ1) is 22.0. The van der Waals surface area contributed by atoms with E-state index in [0.717, 1.165) is 6.07 Å². The third-order valence-electron chi connectivity index (χ3n) is 4.41. The average molecular weight is 494 g/mol. The zero-order valence-corrected chi connectivity index (χ0v) is 18.1. The normalized spacial score (nSPS) is 13.8. The fourth-order valence-electron chi connectivity index (χ4n) is 3.20. The van der Waals surface area contributed by atoms with Gasteiger partial charge >= 0.3 is 0 Å². The van der Waals surface area contributed by atoms with Gasteiger partial charge in [-0.1, -0.05) is 76.7 Å². The summed E-state index contributed by atoms with van der Waals surface area (Å²) in [4.78, 5) is 0. The number of hydrogen-bond acceptors (Lipinski definition) is 4. The molecule has 3 aromatic rings. The van der Waals surface area contributed by atoms with E-state index in [1.165, 1.54) is 42.5 Å². The summed E-state index contributed by atoms with van der Waals surface area (Å²) in [5, 5.41) is 18.6. The van der Waals surface area contributed by atoms with Gasteiger partial charge in [0, 0.05) is 22.2 Å². The molecule has 3 N–H and O–H groups in total. The molecule has 152 valence electrons. The summed E-state index contributed by atoms with van der Waals surface area (Å²) in [6, 6.07) is 11.9. The Balaban J connectivity index is 2.64. The first-order valence-electron chi connectivity index (χ1n) is 7.90. The second-order valence-electron chi connectivity index (χ2n) is 6.06. The van der Waals surface area contributed by atoms with Crippen molar-refractivity contribution >= 4 is 56.5 Å². The predicted molar refractivity (Wildman–Crippen MR) is 114 cm³/mol. The molecule has 0 fully saturated rings. The van der Waals surface area contributed by atoms with Crippen LogP contribution in [-0.2, 0) is 14.9 Å². The predicted octanol–water partition coefficient (Wildman–Crippen LogP) is 5.89. The topological polar surface area (TPSA) is 94.8 Å². The van der Waals surface area contributed by atoms with Gasteiger partial charge in [0.05, 0.1) is 10.0 Å². The third-order valence-corrected chi connectivity index (χ3v) is 7.32. The number of aromatic hydroxyl groups is 2. The largest absolute Gasteiger partial charge is 0.508 e. The second kappa shape index (κ2) is 7.87. The Hall–Kier alpha value is -1.67. The Morgan fingerprint density at radius 1 is 0.793 bits per heavy atom. The Kier molecular flexibility index (Phi) is 5.98. The molecule has 10 heteroatoms. The van der Waals surface area contributed by atoms with Crippen molar-refractivity contribution in [1.29, 1.82) is 0 Å². The molecular formula is C19H12Cl4O5S. The lowest BCUT2D eigenvalue weighted by molar-refractivity contribution is 0.456. The number of phenolic OH excluding ortho intramolecular Hbond substituents is 2. The maximum Gasteiger partial charge on any atom is 0.283 e. The molecule has 0 radical (unpaired) electrons. The minimum atomic E-state index is -5.07. The van der Waals surface area contributed by atoms with Crippen molar-refractivity contribution in [3.8, 4) is 11.5 Å². The highest BCUT2D eigenvalue weighted by atomic mass is 35.5. The van der Waals surface area contributed by atoms with Crippen molar-refractivity contribution in [1.82, 2.24) is 0 Å². The SMILES string of the molecule is O=S(=O)(O)C(c1ccc(O)cc1)(c1ccccc1Cl)c1c(Cl)cc(O)c(Cl)c1Cl. The molecule has 3 aromatic carbocycles. The maximum atomic E-state index is 13.0. The molecular weight excluding hydrogens is 482 g/mol. The molecule has 1 atom stereocenters.